The zero-order chi connectivity index (χ0) is 27.7. The van der Waals surface area contributed by atoms with E-state index in [1.54, 1.807) is 7.11 Å². The predicted molar refractivity (Wildman–Crippen MR) is 154 cm³/mol. The summed E-state index contributed by atoms with van der Waals surface area (Å²) in [5.74, 6) is 1.66. The number of hydrogen-bond donors (Lipinski definition) is 3. The van der Waals surface area contributed by atoms with Crippen LogP contribution in [-0.2, 0) is 22.4 Å². The highest BCUT2D eigenvalue weighted by atomic mass is 79.9. The van der Waals surface area contributed by atoms with Crippen LogP contribution in [0.2, 0.25) is 0 Å². The molecule has 0 unspecified atom stereocenters. The fraction of sp³-hybridized carbons (Fsp3) is 0.333. The molecule has 0 saturated carbocycles. The molecule has 0 fully saturated rings. The van der Waals surface area contributed by atoms with Crippen molar-refractivity contribution in [3.05, 3.63) is 94.0 Å². The van der Waals surface area contributed by atoms with Gasteiger partial charge in [0, 0.05) is 36.0 Å². The molecule has 1 amide bonds. The number of aliphatic imine (C=N–C) groups is 1. The van der Waals surface area contributed by atoms with E-state index in [9.17, 15) is 4.79 Å². The standard InChI is InChI=1S/C30H34BrN3O5/c1-21-30(20-23-4-10-25(31)11-5-23,29(36)34-32-17-16-22-6-12-26(37-2)13-7-22)33-28(39-21)24-8-14-27(15-9-24)38-19-3-18-35/h4-15,21,32,35H,3,16-20H2,1-2H3,(H,34,36)/t21-,30-/m0/s1. The van der Waals surface area contributed by atoms with E-state index in [2.05, 4.69) is 26.8 Å². The number of nitrogens with one attached hydrogen (secondary N) is 2. The maximum atomic E-state index is 13.7. The molecular weight excluding hydrogens is 562 g/mol. The van der Waals surface area contributed by atoms with Crippen LogP contribution in [-0.4, -0.2) is 55.4 Å². The highest BCUT2D eigenvalue weighted by Gasteiger charge is 2.50. The number of nitrogens with zero attached hydrogens (tertiary/aromatic N) is 1. The summed E-state index contributed by atoms with van der Waals surface area (Å²) in [7, 11) is 1.64. The predicted octanol–water partition coefficient (Wildman–Crippen LogP) is 4.23. The molecule has 3 aromatic carbocycles. The number of carbonyl (C=O) groups is 1. The number of rotatable bonds is 13. The molecule has 8 nitrogen and oxygen atoms in total. The minimum atomic E-state index is -1.16. The molecule has 3 N–H and O–H groups in total. The van der Waals surface area contributed by atoms with Gasteiger partial charge in [-0.15, -0.1) is 0 Å². The third-order valence-electron chi connectivity index (χ3n) is 6.61. The molecule has 1 heterocycles. The number of benzene rings is 3. The van der Waals surface area contributed by atoms with E-state index in [4.69, 9.17) is 24.3 Å². The number of halogens is 1. The Labute approximate surface area is 237 Å². The van der Waals surface area contributed by atoms with E-state index in [1.807, 2.05) is 79.7 Å². The van der Waals surface area contributed by atoms with E-state index < -0.39 is 11.6 Å². The first kappa shape index (κ1) is 28.6. The zero-order valence-electron chi connectivity index (χ0n) is 22.2. The van der Waals surface area contributed by atoms with Crippen LogP contribution in [0.3, 0.4) is 0 Å². The van der Waals surface area contributed by atoms with Crippen molar-refractivity contribution in [2.75, 3.05) is 26.9 Å². The first-order valence-electron chi connectivity index (χ1n) is 12.9. The fourth-order valence-corrected chi connectivity index (χ4v) is 4.57. The topological polar surface area (TPSA) is 101 Å². The highest BCUT2D eigenvalue weighted by molar-refractivity contribution is 9.10. The molecule has 2 atom stereocenters. The molecule has 3 aromatic rings. The van der Waals surface area contributed by atoms with Gasteiger partial charge >= 0.3 is 0 Å². The van der Waals surface area contributed by atoms with Crippen molar-refractivity contribution in [3.63, 3.8) is 0 Å². The fourth-order valence-electron chi connectivity index (χ4n) is 4.31. The normalized spacial score (nSPS) is 18.3. The van der Waals surface area contributed by atoms with Crippen LogP contribution in [0.15, 0.2) is 82.3 Å². The van der Waals surface area contributed by atoms with Gasteiger partial charge in [-0.25, -0.2) is 10.4 Å². The Balaban J connectivity index is 1.49. The Bertz CT molecular complexity index is 1250. The summed E-state index contributed by atoms with van der Waals surface area (Å²) in [6.07, 6.45) is 1.17. The van der Waals surface area contributed by atoms with Crippen molar-refractivity contribution in [1.82, 2.24) is 10.9 Å². The summed E-state index contributed by atoms with van der Waals surface area (Å²) in [6, 6.07) is 23.1. The summed E-state index contributed by atoms with van der Waals surface area (Å²) < 4.78 is 18.0. The van der Waals surface area contributed by atoms with E-state index in [1.165, 1.54) is 0 Å². The van der Waals surface area contributed by atoms with Gasteiger partial charge in [-0.05, 0) is 73.0 Å². The van der Waals surface area contributed by atoms with Gasteiger partial charge < -0.3 is 19.3 Å². The summed E-state index contributed by atoms with van der Waals surface area (Å²) in [5.41, 5.74) is 7.65. The van der Waals surface area contributed by atoms with Crippen molar-refractivity contribution in [2.24, 2.45) is 4.99 Å². The molecule has 0 spiro atoms. The third-order valence-corrected chi connectivity index (χ3v) is 7.14. The van der Waals surface area contributed by atoms with Crippen molar-refractivity contribution in [2.45, 2.75) is 37.8 Å². The lowest BCUT2D eigenvalue weighted by atomic mass is 9.86. The number of carbonyl (C=O) groups excluding carboxylic acids is 1. The Morgan fingerprint density at radius 2 is 1.69 bits per heavy atom. The minimum absolute atomic E-state index is 0.0828. The Morgan fingerprint density at radius 3 is 2.36 bits per heavy atom. The smallest absolute Gasteiger partial charge is 0.266 e. The zero-order valence-corrected chi connectivity index (χ0v) is 23.7. The van der Waals surface area contributed by atoms with Crippen molar-refractivity contribution in [1.29, 1.82) is 0 Å². The lowest BCUT2D eigenvalue weighted by Crippen LogP contribution is -2.56. The van der Waals surface area contributed by atoms with Gasteiger partial charge in [0.1, 0.15) is 17.6 Å². The lowest BCUT2D eigenvalue weighted by Gasteiger charge is -2.28. The monoisotopic (exact) mass is 595 g/mol. The highest BCUT2D eigenvalue weighted by Crippen LogP contribution is 2.33. The first-order valence-corrected chi connectivity index (χ1v) is 13.7. The van der Waals surface area contributed by atoms with Crippen LogP contribution in [0.4, 0.5) is 0 Å². The van der Waals surface area contributed by atoms with Crippen molar-refractivity contribution < 1.29 is 24.1 Å². The number of aliphatic hydroxyl groups is 1. The van der Waals surface area contributed by atoms with Crippen LogP contribution < -0.4 is 20.3 Å². The molecule has 0 bridgehead atoms. The van der Waals surface area contributed by atoms with Gasteiger partial charge in [0.25, 0.3) is 5.91 Å². The van der Waals surface area contributed by atoms with Crippen LogP contribution in [0.5, 0.6) is 11.5 Å². The summed E-state index contributed by atoms with van der Waals surface area (Å²) in [5, 5.41) is 8.95. The SMILES string of the molecule is COc1ccc(CCNNC(=O)[C@@]2(Cc3ccc(Br)cc3)N=C(c3ccc(OCCCO)cc3)O[C@H]2C)cc1. The van der Waals surface area contributed by atoms with Crippen molar-refractivity contribution >= 4 is 27.7 Å². The number of ether oxygens (including phenoxy) is 3. The Kier molecular flexibility index (Phi) is 9.97. The second kappa shape index (κ2) is 13.6. The van der Waals surface area contributed by atoms with Crippen LogP contribution >= 0.6 is 15.9 Å². The molecule has 206 valence electrons. The molecule has 39 heavy (non-hydrogen) atoms. The number of amides is 1. The van der Waals surface area contributed by atoms with Gasteiger partial charge in [-0.3, -0.25) is 10.2 Å². The van der Waals surface area contributed by atoms with E-state index in [0.717, 1.165) is 33.3 Å². The maximum Gasteiger partial charge on any atom is 0.266 e. The first-order chi connectivity index (χ1) is 18.9. The molecule has 0 aromatic heterocycles. The average Bonchev–Trinajstić information content (AvgIpc) is 3.29. The molecule has 4 rings (SSSR count). The molecule has 9 heteroatoms. The Morgan fingerprint density at radius 1 is 1.03 bits per heavy atom. The molecule has 0 radical (unpaired) electrons. The van der Waals surface area contributed by atoms with Crippen molar-refractivity contribution in [3.8, 4) is 11.5 Å². The largest absolute Gasteiger partial charge is 0.497 e. The molecule has 0 aliphatic carbocycles. The van der Waals surface area contributed by atoms with Gasteiger partial charge in [0.2, 0.25) is 5.90 Å². The van der Waals surface area contributed by atoms with Crippen LogP contribution in [0.1, 0.15) is 30.0 Å². The second-order valence-electron chi connectivity index (χ2n) is 9.33. The quantitative estimate of drug-likeness (QED) is 0.202. The van der Waals surface area contributed by atoms with Gasteiger partial charge in [-0.2, -0.15) is 0 Å². The van der Waals surface area contributed by atoms with Gasteiger partial charge in [-0.1, -0.05) is 40.2 Å². The second-order valence-corrected chi connectivity index (χ2v) is 10.2. The Hall–Kier alpha value is -3.40. The minimum Gasteiger partial charge on any atom is -0.497 e. The molecular formula is C30H34BrN3O5. The average molecular weight is 597 g/mol. The number of methoxy groups -OCH3 is 1. The van der Waals surface area contributed by atoms with Gasteiger partial charge in [0.05, 0.1) is 13.7 Å². The third kappa shape index (κ3) is 7.38. The summed E-state index contributed by atoms with van der Waals surface area (Å²) in [6.45, 7) is 2.94. The van der Waals surface area contributed by atoms with Crippen LogP contribution in [0, 0.1) is 0 Å². The molecule has 1 aliphatic rings. The van der Waals surface area contributed by atoms with E-state index in [0.29, 0.717) is 37.6 Å². The number of hydrogen-bond acceptors (Lipinski definition) is 7. The molecule has 1 aliphatic heterocycles. The number of aliphatic hydroxyl groups excluding tert-OH is 1. The van der Waals surface area contributed by atoms with Crippen LogP contribution in [0.25, 0.3) is 0 Å². The summed E-state index contributed by atoms with van der Waals surface area (Å²) in [4.78, 5) is 18.6. The summed E-state index contributed by atoms with van der Waals surface area (Å²) >= 11 is 3.48. The number of hydrazine groups is 1. The lowest BCUT2D eigenvalue weighted by molar-refractivity contribution is -0.129. The maximum absolute atomic E-state index is 13.7. The van der Waals surface area contributed by atoms with Gasteiger partial charge in [0.15, 0.2) is 5.54 Å². The van der Waals surface area contributed by atoms with E-state index >= 15 is 0 Å². The van der Waals surface area contributed by atoms with E-state index in [-0.39, 0.29) is 12.5 Å². The molecule has 0 saturated heterocycles.